The molecule has 57 heavy (non-hydrogen) atoms. The molecule has 0 aromatic heterocycles. The zero-order valence-electron chi connectivity index (χ0n) is 32.4. The van der Waals surface area contributed by atoms with E-state index in [9.17, 15) is 19.2 Å². The lowest BCUT2D eigenvalue weighted by atomic mass is 9.98. The molecule has 0 heterocycles. The van der Waals surface area contributed by atoms with Crippen LogP contribution in [0.2, 0.25) is 0 Å². The molecule has 0 bridgehead atoms. The molecule has 0 spiro atoms. The number of nitrogens with one attached hydrogen (secondary N) is 2. The summed E-state index contributed by atoms with van der Waals surface area (Å²) in [5.74, 6) is -1.27. The monoisotopic (exact) mass is 780 g/mol. The number of ether oxygens (including phenoxy) is 5. The molecule has 12 heteroatoms. The third kappa shape index (κ3) is 13.0. The first kappa shape index (κ1) is 42.6. The van der Waals surface area contributed by atoms with Gasteiger partial charge in [0.05, 0.1) is 32.8 Å². The number of benzene rings is 4. The summed E-state index contributed by atoms with van der Waals surface area (Å²) < 4.78 is 27.1. The molecule has 2 aliphatic rings. The number of rotatable bonds is 21. The number of carbonyl (C=O) groups is 4. The molecule has 0 saturated heterocycles. The highest BCUT2D eigenvalue weighted by Crippen LogP contribution is 2.45. The number of hydrogen-bond donors (Lipinski definition) is 3. The van der Waals surface area contributed by atoms with Crippen molar-refractivity contribution in [2.24, 2.45) is 0 Å². The van der Waals surface area contributed by atoms with Crippen LogP contribution in [0.3, 0.4) is 0 Å². The Hall–Kier alpha value is -5.56. The minimum Gasteiger partial charge on any atom is -0.481 e. The maximum Gasteiger partial charge on any atom is 0.407 e. The van der Waals surface area contributed by atoms with Crippen LogP contribution >= 0.6 is 0 Å². The van der Waals surface area contributed by atoms with Crippen LogP contribution in [0, 0.1) is 0 Å². The van der Waals surface area contributed by atoms with Crippen molar-refractivity contribution < 1.29 is 48.0 Å². The van der Waals surface area contributed by atoms with E-state index in [-0.39, 0.29) is 36.6 Å². The van der Waals surface area contributed by atoms with Crippen LogP contribution in [0.25, 0.3) is 22.3 Å². The number of carboxylic acids is 1. The largest absolute Gasteiger partial charge is 0.481 e. The van der Waals surface area contributed by atoms with Crippen LogP contribution in [0.4, 0.5) is 4.79 Å². The average Bonchev–Trinajstić information content (AvgIpc) is 3.72. The van der Waals surface area contributed by atoms with E-state index >= 15 is 0 Å². The van der Waals surface area contributed by atoms with Crippen molar-refractivity contribution in [1.29, 1.82) is 0 Å². The Bertz CT molecular complexity index is 1840. The third-order valence-corrected chi connectivity index (χ3v) is 9.59. The number of esters is 1. The van der Waals surface area contributed by atoms with Crippen LogP contribution < -0.4 is 10.6 Å². The van der Waals surface area contributed by atoms with Crippen LogP contribution in [-0.4, -0.2) is 95.0 Å². The molecule has 0 atom stereocenters. The molecule has 6 rings (SSSR count). The number of aliphatic carboxylic acids is 1. The smallest absolute Gasteiger partial charge is 0.407 e. The lowest BCUT2D eigenvalue weighted by Gasteiger charge is -2.14. The fourth-order valence-electron chi connectivity index (χ4n) is 6.91. The predicted molar refractivity (Wildman–Crippen MR) is 215 cm³/mol. The standard InChI is InChI=1S/C29H38N2O8.C16H14O2/c32-27(11-12-28(33)34)30-13-5-15-36-17-19-38-20-18-37-16-6-14-31-29(35)39-21-26-24-9-3-1-7-22(24)23-8-2-4-10-25(23)26;1-11(17)18-10-16-14-8-4-2-6-12(14)13-7-3-5-9-15(13)16/h1-4,7-10,26H,5-6,11-21H2,(H,30,32)(H,31,35)(H,33,34);2-9,16H,10H2,1H3. The predicted octanol–water partition coefficient (Wildman–Crippen LogP) is 6.70. The lowest BCUT2D eigenvalue weighted by molar-refractivity contribution is -0.141. The molecular weight excluding hydrogens is 728 g/mol. The van der Waals surface area contributed by atoms with Gasteiger partial charge in [0.1, 0.15) is 13.2 Å². The fraction of sp³-hybridized carbons (Fsp3) is 0.378. The minimum absolute atomic E-state index is 0.0127. The van der Waals surface area contributed by atoms with E-state index in [4.69, 9.17) is 28.8 Å². The highest BCUT2D eigenvalue weighted by atomic mass is 16.6. The average molecular weight is 781 g/mol. The lowest BCUT2D eigenvalue weighted by Crippen LogP contribution is -2.27. The second-order valence-electron chi connectivity index (χ2n) is 13.6. The second-order valence-corrected chi connectivity index (χ2v) is 13.6. The summed E-state index contributed by atoms with van der Waals surface area (Å²) in [6, 6.07) is 33.1. The second kappa shape index (κ2) is 22.9. The molecular formula is C45H52N2O10. The van der Waals surface area contributed by atoms with Crippen molar-refractivity contribution in [3.05, 3.63) is 119 Å². The Morgan fingerprint density at radius 1 is 0.526 bits per heavy atom. The zero-order valence-corrected chi connectivity index (χ0v) is 32.4. The molecule has 2 amide bonds. The maximum atomic E-state index is 12.2. The molecule has 0 aliphatic heterocycles. The number of fused-ring (bicyclic) bond motifs is 6. The first-order valence-electron chi connectivity index (χ1n) is 19.5. The van der Waals surface area contributed by atoms with Crippen molar-refractivity contribution >= 4 is 23.9 Å². The maximum absolute atomic E-state index is 12.2. The van der Waals surface area contributed by atoms with Gasteiger partial charge in [-0.05, 0) is 57.3 Å². The first-order chi connectivity index (χ1) is 27.8. The van der Waals surface area contributed by atoms with Crippen molar-refractivity contribution in [1.82, 2.24) is 10.6 Å². The molecule has 302 valence electrons. The van der Waals surface area contributed by atoms with E-state index in [0.717, 1.165) is 0 Å². The Labute approximate surface area is 333 Å². The molecule has 0 fully saturated rings. The van der Waals surface area contributed by atoms with Crippen molar-refractivity contribution in [2.45, 2.75) is 44.4 Å². The van der Waals surface area contributed by atoms with E-state index in [2.05, 4.69) is 59.2 Å². The summed E-state index contributed by atoms with van der Waals surface area (Å²) in [7, 11) is 0. The van der Waals surface area contributed by atoms with Crippen molar-refractivity contribution in [2.75, 3.05) is 65.9 Å². The van der Waals surface area contributed by atoms with Crippen molar-refractivity contribution in [3.63, 3.8) is 0 Å². The highest BCUT2D eigenvalue weighted by molar-refractivity contribution is 5.81. The molecule has 2 aliphatic carbocycles. The van der Waals surface area contributed by atoms with Gasteiger partial charge in [-0.2, -0.15) is 0 Å². The van der Waals surface area contributed by atoms with E-state index < -0.39 is 12.1 Å². The summed E-state index contributed by atoms with van der Waals surface area (Å²) in [6.07, 6.45) is 0.704. The molecule has 3 N–H and O–H groups in total. The molecule has 0 saturated carbocycles. The number of hydrogen-bond acceptors (Lipinski definition) is 9. The zero-order chi connectivity index (χ0) is 40.2. The normalized spacial score (nSPS) is 12.3. The van der Waals surface area contributed by atoms with Gasteiger partial charge in [0.15, 0.2) is 0 Å². The summed E-state index contributed by atoms with van der Waals surface area (Å²) in [5, 5.41) is 13.9. The Kier molecular flexibility index (Phi) is 17.1. The van der Waals surface area contributed by atoms with Gasteiger partial charge in [0, 0.05) is 51.5 Å². The van der Waals surface area contributed by atoms with Crippen LogP contribution in [0.1, 0.15) is 66.7 Å². The quantitative estimate of drug-likeness (QED) is 0.0614. The van der Waals surface area contributed by atoms with E-state index in [1.807, 2.05) is 48.5 Å². The number of carbonyl (C=O) groups excluding carboxylic acids is 3. The van der Waals surface area contributed by atoms with Gasteiger partial charge < -0.3 is 39.4 Å². The first-order valence-corrected chi connectivity index (χ1v) is 19.5. The molecule has 0 radical (unpaired) electrons. The Morgan fingerprint density at radius 2 is 0.912 bits per heavy atom. The molecule has 0 unspecified atom stereocenters. The highest BCUT2D eigenvalue weighted by Gasteiger charge is 2.30. The van der Waals surface area contributed by atoms with Gasteiger partial charge >= 0.3 is 18.0 Å². The van der Waals surface area contributed by atoms with Gasteiger partial charge in [-0.15, -0.1) is 0 Å². The van der Waals surface area contributed by atoms with Gasteiger partial charge in [0.25, 0.3) is 0 Å². The molecule has 4 aromatic carbocycles. The number of alkyl carbamates (subject to hydrolysis) is 1. The van der Waals surface area contributed by atoms with Crippen LogP contribution in [-0.2, 0) is 38.1 Å². The van der Waals surface area contributed by atoms with E-state index in [1.165, 1.54) is 51.4 Å². The van der Waals surface area contributed by atoms with E-state index in [0.29, 0.717) is 78.8 Å². The summed E-state index contributed by atoms with van der Waals surface area (Å²) in [6.45, 7) is 5.84. The third-order valence-electron chi connectivity index (χ3n) is 9.59. The van der Waals surface area contributed by atoms with E-state index in [1.54, 1.807) is 0 Å². The minimum atomic E-state index is -0.984. The van der Waals surface area contributed by atoms with Gasteiger partial charge in [-0.25, -0.2) is 4.79 Å². The van der Waals surface area contributed by atoms with Gasteiger partial charge in [0.2, 0.25) is 5.91 Å². The molecule has 4 aromatic rings. The summed E-state index contributed by atoms with van der Waals surface area (Å²) >= 11 is 0. The Morgan fingerprint density at radius 3 is 1.33 bits per heavy atom. The Balaban J connectivity index is 0.000000284. The van der Waals surface area contributed by atoms with Crippen LogP contribution in [0.5, 0.6) is 0 Å². The fourth-order valence-corrected chi connectivity index (χ4v) is 6.91. The number of carboxylic acid groups (broad SMARTS) is 1. The molecule has 12 nitrogen and oxygen atoms in total. The summed E-state index contributed by atoms with van der Waals surface area (Å²) in [5.41, 5.74) is 9.78. The van der Waals surface area contributed by atoms with Gasteiger partial charge in [-0.1, -0.05) is 97.1 Å². The van der Waals surface area contributed by atoms with Gasteiger partial charge in [-0.3, -0.25) is 14.4 Å². The summed E-state index contributed by atoms with van der Waals surface area (Å²) in [4.78, 5) is 44.9. The topological polar surface area (TPSA) is 159 Å². The van der Waals surface area contributed by atoms with Crippen molar-refractivity contribution in [3.8, 4) is 22.3 Å². The van der Waals surface area contributed by atoms with Crippen LogP contribution in [0.15, 0.2) is 97.1 Å². The number of amides is 2. The SMILES string of the molecule is CC(=O)OCC1c2ccccc2-c2ccccc21.O=C(O)CCC(=O)NCCCOCCOCCOCCCNC(=O)OCC1c2ccccc2-c2ccccc21.